The second kappa shape index (κ2) is 10.8. The van der Waals surface area contributed by atoms with Gasteiger partial charge in [0.1, 0.15) is 6.23 Å². The van der Waals surface area contributed by atoms with E-state index >= 15 is 0 Å². The van der Waals surface area contributed by atoms with Crippen LogP contribution in [0.1, 0.15) is 19.3 Å². The van der Waals surface area contributed by atoms with E-state index in [1.807, 2.05) is 0 Å². The van der Waals surface area contributed by atoms with E-state index in [4.69, 9.17) is 46.6 Å². The van der Waals surface area contributed by atoms with Crippen molar-refractivity contribution in [2.45, 2.75) is 37.1 Å². The van der Waals surface area contributed by atoms with E-state index in [0.717, 1.165) is 0 Å². The number of rotatable bonds is 10. The van der Waals surface area contributed by atoms with Crippen LogP contribution in [0.15, 0.2) is 0 Å². The number of nitrogens with one attached hydrogen (secondary N) is 1. The van der Waals surface area contributed by atoms with Crippen molar-refractivity contribution in [3.8, 4) is 0 Å². The fourth-order valence-electron chi connectivity index (χ4n) is 1.30. The summed E-state index contributed by atoms with van der Waals surface area (Å²) in [6.07, 6.45) is -4.03. The quantitative estimate of drug-likeness (QED) is 0.166. The Labute approximate surface area is 135 Å². The number of hydrogen-bond acceptors (Lipinski definition) is 10. The van der Waals surface area contributed by atoms with Gasteiger partial charge in [0.25, 0.3) is 5.97 Å². The van der Waals surface area contributed by atoms with Gasteiger partial charge in [0.05, 0.1) is 19.3 Å². The minimum atomic E-state index is -2.83. The molecule has 0 rings (SSSR count). The summed E-state index contributed by atoms with van der Waals surface area (Å²) in [5.41, 5.74) is 2.34. The summed E-state index contributed by atoms with van der Waals surface area (Å²) < 4.78 is 0. The molecule has 0 radical (unpaired) electrons. The molecule has 0 amide bonds. The van der Waals surface area contributed by atoms with Crippen LogP contribution in [0.2, 0.25) is 0 Å². The lowest BCUT2D eigenvalue weighted by molar-refractivity contribution is -0.323. The molecule has 24 heavy (non-hydrogen) atoms. The van der Waals surface area contributed by atoms with Gasteiger partial charge in [0, 0.05) is 13.1 Å². The fraction of sp³-hybridized carbons (Fsp3) is 0.727. The first-order valence-electron chi connectivity index (χ1n) is 6.41. The number of carbonyl (C=O) groups is 3. The third-order valence-corrected chi connectivity index (χ3v) is 2.28. The molecule has 0 saturated carbocycles. The van der Waals surface area contributed by atoms with Gasteiger partial charge in [-0.3, -0.25) is 14.9 Å². The van der Waals surface area contributed by atoms with E-state index in [-0.39, 0.29) is 0 Å². The lowest BCUT2D eigenvalue weighted by atomic mass is 9.96. The topological polar surface area (TPSA) is 251 Å². The highest BCUT2D eigenvalue weighted by Gasteiger charge is 2.40. The van der Waals surface area contributed by atoms with E-state index in [0.29, 0.717) is 13.1 Å². The van der Waals surface area contributed by atoms with Crippen molar-refractivity contribution in [3.05, 3.63) is 0 Å². The van der Waals surface area contributed by atoms with Crippen molar-refractivity contribution in [2.75, 3.05) is 13.1 Å². The lowest BCUT2D eigenvalue weighted by Gasteiger charge is -2.18. The summed E-state index contributed by atoms with van der Waals surface area (Å²) in [6, 6.07) is 0. The Balaban J connectivity index is 0. The molecule has 1 atom stereocenters. The zero-order valence-electron chi connectivity index (χ0n) is 12.5. The summed E-state index contributed by atoms with van der Waals surface area (Å²) >= 11 is 0. The molecule has 13 heteroatoms. The van der Waals surface area contributed by atoms with Crippen molar-refractivity contribution in [1.82, 2.24) is 5.32 Å². The lowest BCUT2D eigenvalue weighted by Crippen LogP contribution is -2.42. The number of hydrogen-bond donors (Lipinski definition) is 10. The summed E-state index contributed by atoms with van der Waals surface area (Å²) in [5.74, 6) is -7.85. The number of aliphatic hydroxyl groups is 5. The first-order chi connectivity index (χ1) is 10.7. The largest absolute Gasteiger partial charge is 0.481 e. The number of aliphatic hydroxyl groups excluding tert-OH is 1. The van der Waals surface area contributed by atoms with Crippen LogP contribution < -0.4 is 11.1 Å². The van der Waals surface area contributed by atoms with Gasteiger partial charge in [-0.25, -0.2) is 4.79 Å². The highest BCUT2D eigenvalue weighted by molar-refractivity contribution is 5.88. The minimum absolute atomic E-state index is 0.326. The van der Waals surface area contributed by atoms with E-state index in [1.54, 1.807) is 0 Å². The molecule has 13 nitrogen and oxygen atoms in total. The van der Waals surface area contributed by atoms with Crippen molar-refractivity contribution < 1.29 is 55.2 Å². The Morgan fingerprint density at radius 2 is 1.38 bits per heavy atom. The van der Waals surface area contributed by atoms with Crippen molar-refractivity contribution >= 4 is 17.9 Å². The van der Waals surface area contributed by atoms with Crippen LogP contribution in [0.25, 0.3) is 0 Å². The zero-order chi connectivity index (χ0) is 19.6. The van der Waals surface area contributed by atoms with Gasteiger partial charge < -0.3 is 46.6 Å². The predicted molar refractivity (Wildman–Crippen MR) is 74.2 cm³/mol. The number of carboxylic acid groups (broad SMARTS) is 3. The van der Waals surface area contributed by atoms with Gasteiger partial charge in [0.2, 0.25) is 0 Å². The molecule has 0 aliphatic rings. The van der Waals surface area contributed by atoms with E-state index in [9.17, 15) is 14.4 Å². The summed E-state index contributed by atoms with van der Waals surface area (Å²) in [4.78, 5) is 30.5. The molecule has 0 fully saturated rings. The van der Waals surface area contributed by atoms with Gasteiger partial charge >= 0.3 is 17.9 Å². The Hall–Kier alpha value is -1.87. The molecule has 0 bridgehead atoms. The van der Waals surface area contributed by atoms with Gasteiger partial charge in [-0.2, -0.15) is 0 Å². The molecule has 11 N–H and O–H groups in total. The molecule has 0 heterocycles. The molecule has 0 aliphatic heterocycles. The van der Waals surface area contributed by atoms with Crippen LogP contribution in [0.5, 0.6) is 0 Å². The number of nitrogens with two attached hydrogens (primary N) is 1. The van der Waals surface area contributed by atoms with Crippen LogP contribution in [0, 0.1) is 0 Å². The van der Waals surface area contributed by atoms with Crippen LogP contribution in [0.3, 0.4) is 0 Å². The van der Waals surface area contributed by atoms with Crippen LogP contribution >= 0.6 is 0 Å². The monoisotopic (exact) mass is 358 g/mol. The number of aliphatic carboxylic acids is 3. The van der Waals surface area contributed by atoms with Gasteiger partial charge in [-0.05, 0) is 0 Å². The van der Waals surface area contributed by atoms with Gasteiger partial charge in [-0.1, -0.05) is 0 Å². The number of carboxylic acids is 3. The fourth-order valence-corrected chi connectivity index (χ4v) is 1.30. The molecule has 0 saturated heterocycles. The van der Waals surface area contributed by atoms with E-state index in [2.05, 4.69) is 5.32 Å². The first-order valence-corrected chi connectivity index (χ1v) is 6.41. The standard InChI is InChI=1S/C6H8O7.C5H14N2O4/c7-3(8)1-6(13,5(11)12)2-4(9)10;6-1-2-7-4(8)3-5(9,10)11/h13H,1-2H2,(H,7,8)(H,9,10)(H,11,12);4,7-11H,1-3,6H2. The van der Waals surface area contributed by atoms with Crippen molar-refractivity contribution in [3.63, 3.8) is 0 Å². The van der Waals surface area contributed by atoms with Gasteiger partial charge in [0.15, 0.2) is 5.60 Å². The Morgan fingerprint density at radius 3 is 1.62 bits per heavy atom. The molecule has 142 valence electrons. The maximum absolute atomic E-state index is 10.3. The second-order valence-corrected chi connectivity index (χ2v) is 4.71. The molecule has 0 aliphatic carbocycles. The Kier molecular flexibility index (Phi) is 11.0. The molecule has 0 spiro atoms. The Bertz CT molecular complexity index is 405. The molecule has 1 unspecified atom stereocenters. The third kappa shape index (κ3) is 13.8. The molecular formula is C11H22N2O11. The average molecular weight is 358 g/mol. The normalized spacial score (nSPS) is 12.8. The van der Waals surface area contributed by atoms with Gasteiger partial charge in [-0.15, -0.1) is 0 Å². The smallest absolute Gasteiger partial charge is 0.336 e. The predicted octanol–water partition coefficient (Wildman–Crippen LogP) is -4.37. The summed E-state index contributed by atoms with van der Waals surface area (Å²) in [6.45, 7) is 0.670. The molecule has 0 aromatic rings. The van der Waals surface area contributed by atoms with Crippen molar-refractivity contribution in [2.24, 2.45) is 5.73 Å². The first kappa shape index (κ1) is 24.4. The van der Waals surface area contributed by atoms with Crippen LogP contribution in [-0.4, -0.2) is 89.7 Å². The van der Waals surface area contributed by atoms with E-state index in [1.165, 1.54) is 0 Å². The third-order valence-electron chi connectivity index (χ3n) is 2.28. The maximum Gasteiger partial charge on any atom is 0.336 e. The molecule has 0 aromatic carbocycles. The molecular weight excluding hydrogens is 336 g/mol. The molecule has 0 aromatic heterocycles. The van der Waals surface area contributed by atoms with Crippen LogP contribution in [-0.2, 0) is 14.4 Å². The summed E-state index contributed by atoms with van der Waals surface area (Å²) in [5, 5.41) is 70.2. The van der Waals surface area contributed by atoms with Crippen molar-refractivity contribution in [1.29, 1.82) is 0 Å². The zero-order valence-corrected chi connectivity index (χ0v) is 12.5. The Morgan fingerprint density at radius 1 is 0.958 bits per heavy atom. The minimum Gasteiger partial charge on any atom is -0.481 e. The maximum atomic E-state index is 10.3. The highest BCUT2D eigenvalue weighted by Crippen LogP contribution is 2.15. The summed E-state index contributed by atoms with van der Waals surface area (Å²) in [7, 11) is 0. The SMILES string of the molecule is NCCNC(O)CC(O)(O)O.O=C(O)CC(O)(CC(=O)O)C(=O)O. The second-order valence-electron chi connectivity index (χ2n) is 4.71. The van der Waals surface area contributed by atoms with E-state index < -0.39 is 55.0 Å². The average Bonchev–Trinajstić information content (AvgIpc) is 2.32. The van der Waals surface area contributed by atoms with Crippen LogP contribution in [0.4, 0.5) is 0 Å². The highest BCUT2D eigenvalue weighted by atomic mass is 16.7.